The first-order chi connectivity index (χ1) is 9.08. The summed E-state index contributed by atoms with van der Waals surface area (Å²) in [4.78, 5) is 24.6. The second kappa shape index (κ2) is 6.17. The first kappa shape index (κ1) is 14.0. The number of benzene rings is 1. The summed E-state index contributed by atoms with van der Waals surface area (Å²) >= 11 is 5.35. The largest absolute Gasteiger partial charge is 0.430 e. The van der Waals surface area contributed by atoms with Crippen molar-refractivity contribution < 1.29 is 14.3 Å². The van der Waals surface area contributed by atoms with Gasteiger partial charge in [0.15, 0.2) is 6.23 Å². The van der Waals surface area contributed by atoms with Crippen LogP contribution < -0.4 is 0 Å². The summed E-state index contributed by atoms with van der Waals surface area (Å²) in [5.41, 5.74) is -0.0443. The smallest absolute Gasteiger partial charge is 0.405 e. The van der Waals surface area contributed by atoms with Gasteiger partial charge >= 0.3 is 5.43 Å². The van der Waals surface area contributed by atoms with Crippen molar-refractivity contribution in [2.45, 2.75) is 32.0 Å². The van der Waals surface area contributed by atoms with Gasteiger partial charge in [-0.15, -0.1) is 0 Å². The van der Waals surface area contributed by atoms with Crippen LogP contribution in [0, 0.1) is 0 Å². The van der Waals surface area contributed by atoms with Crippen molar-refractivity contribution in [2.24, 2.45) is 0 Å². The van der Waals surface area contributed by atoms with Crippen molar-refractivity contribution in [1.29, 1.82) is 0 Å². The van der Waals surface area contributed by atoms with E-state index in [0.717, 1.165) is 12.0 Å². The monoisotopic (exact) mass is 281 g/mol. The molecule has 1 aliphatic rings. The van der Waals surface area contributed by atoms with E-state index in [9.17, 15) is 9.59 Å². The average molecular weight is 282 g/mol. The molecule has 4 nitrogen and oxygen atoms in total. The number of carbonyl (C=O) groups excluding carboxylic acids is 2. The fourth-order valence-corrected chi connectivity index (χ4v) is 2.41. The third-order valence-electron chi connectivity index (χ3n) is 3.36. The summed E-state index contributed by atoms with van der Waals surface area (Å²) in [6.45, 7) is 2.30. The summed E-state index contributed by atoms with van der Waals surface area (Å²) < 4.78 is 5.19. The average Bonchev–Trinajstić information content (AvgIpc) is 2.40. The summed E-state index contributed by atoms with van der Waals surface area (Å²) in [5, 5.41) is 0. The number of hydrogen-bond donors (Lipinski definition) is 0. The quantitative estimate of drug-likeness (QED) is 0.799. The van der Waals surface area contributed by atoms with Gasteiger partial charge in [-0.1, -0.05) is 30.3 Å². The topological polar surface area (TPSA) is 46.6 Å². The molecule has 1 aromatic carbocycles. The Kier molecular flexibility index (Phi) is 4.56. The zero-order valence-corrected chi connectivity index (χ0v) is 11.5. The molecule has 0 saturated carbocycles. The van der Waals surface area contributed by atoms with Crippen LogP contribution >= 0.6 is 11.6 Å². The van der Waals surface area contributed by atoms with Crippen LogP contribution in [-0.4, -0.2) is 28.7 Å². The molecule has 2 rings (SSSR count). The molecule has 0 aliphatic carbocycles. The maximum absolute atomic E-state index is 11.6. The van der Waals surface area contributed by atoms with E-state index in [1.165, 1.54) is 0 Å². The number of rotatable bonds is 3. The Balaban J connectivity index is 2.26. The molecule has 102 valence electrons. The fraction of sp³-hybridized carbons (Fsp3) is 0.429. The Hall–Kier alpha value is -1.39. The van der Waals surface area contributed by atoms with Gasteiger partial charge in [0.2, 0.25) is 0 Å². The van der Waals surface area contributed by atoms with Gasteiger partial charge in [0.25, 0.3) is 0 Å². The highest BCUT2D eigenvalue weighted by Crippen LogP contribution is 2.29. The molecule has 5 heteroatoms. The van der Waals surface area contributed by atoms with E-state index in [2.05, 4.69) is 0 Å². The lowest BCUT2D eigenvalue weighted by molar-refractivity contribution is -0.129. The summed E-state index contributed by atoms with van der Waals surface area (Å²) in [6.07, 6.45) is 0.737. The van der Waals surface area contributed by atoms with E-state index in [1.807, 2.05) is 42.2 Å². The number of ether oxygens (including phenoxy) is 1. The lowest BCUT2D eigenvalue weighted by Crippen LogP contribution is -2.45. The molecule has 0 spiro atoms. The first-order valence-corrected chi connectivity index (χ1v) is 6.64. The number of ketones is 1. The van der Waals surface area contributed by atoms with Gasteiger partial charge in [0.1, 0.15) is 5.78 Å². The highest BCUT2D eigenvalue weighted by Gasteiger charge is 2.32. The van der Waals surface area contributed by atoms with Gasteiger partial charge in [-0.3, -0.25) is 9.69 Å². The predicted molar refractivity (Wildman–Crippen MR) is 71.9 cm³/mol. The maximum Gasteiger partial charge on any atom is 0.405 e. The van der Waals surface area contributed by atoms with E-state index in [4.69, 9.17) is 16.3 Å². The molecular weight excluding hydrogens is 266 g/mol. The third kappa shape index (κ3) is 3.55. The number of Topliss-reactive ketones (excluding diaryl/α,β-unsaturated/α-hetero) is 1. The van der Waals surface area contributed by atoms with Gasteiger partial charge in [-0.25, -0.2) is 4.79 Å². The molecule has 0 bridgehead atoms. The number of hydrogen-bond acceptors (Lipinski definition) is 4. The number of likely N-dealkylation sites (tertiary alicyclic amines) is 1. The van der Waals surface area contributed by atoms with Crippen LogP contribution in [0.4, 0.5) is 4.79 Å². The maximum atomic E-state index is 11.6. The third-order valence-corrected chi connectivity index (χ3v) is 3.45. The summed E-state index contributed by atoms with van der Waals surface area (Å²) in [6, 6.07) is 9.49. The predicted octanol–water partition coefficient (Wildman–Crippen LogP) is 3.11. The van der Waals surface area contributed by atoms with Crippen LogP contribution in [0.5, 0.6) is 0 Å². The Morgan fingerprint density at radius 3 is 2.74 bits per heavy atom. The van der Waals surface area contributed by atoms with Crippen molar-refractivity contribution in [1.82, 2.24) is 4.90 Å². The van der Waals surface area contributed by atoms with Crippen LogP contribution in [0.2, 0.25) is 0 Å². The highest BCUT2D eigenvalue weighted by molar-refractivity contribution is 6.61. The van der Waals surface area contributed by atoms with E-state index >= 15 is 0 Å². The Morgan fingerprint density at radius 2 is 2.11 bits per heavy atom. The summed E-state index contributed by atoms with van der Waals surface area (Å²) in [5.74, 6) is 0.157. The Bertz CT molecular complexity index is 463. The number of nitrogens with zero attached hydrogens (tertiary/aromatic N) is 1. The van der Waals surface area contributed by atoms with Crippen molar-refractivity contribution in [3.63, 3.8) is 0 Å². The van der Waals surface area contributed by atoms with Crippen LogP contribution in [0.25, 0.3) is 0 Å². The van der Waals surface area contributed by atoms with E-state index < -0.39 is 11.7 Å². The molecule has 1 aromatic rings. The van der Waals surface area contributed by atoms with E-state index in [-0.39, 0.29) is 18.4 Å². The van der Waals surface area contributed by atoms with Crippen LogP contribution in [0.1, 0.15) is 31.6 Å². The number of halogens is 1. The molecule has 1 fully saturated rings. The molecule has 1 heterocycles. The lowest BCUT2D eigenvalue weighted by atomic mass is 10.0. The molecule has 2 unspecified atom stereocenters. The molecule has 2 atom stereocenters. The molecule has 0 amide bonds. The standard InChI is InChI=1S/C14H16ClNO3/c1-10-7-8-12(17)9-16(10)13(19-14(15)18)11-5-3-2-4-6-11/h2-6,10,13H,7-9H2,1H3. The lowest BCUT2D eigenvalue weighted by Gasteiger charge is -2.37. The van der Waals surface area contributed by atoms with Crippen molar-refractivity contribution in [3.8, 4) is 0 Å². The molecule has 1 aliphatic heterocycles. The van der Waals surface area contributed by atoms with Crippen LogP contribution in [0.3, 0.4) is 0 Å². The van der Waals surface area contributed by atoms with E-state index in [1.54, 1.807) is 0 Å². The second-order valence-electron chi connectivity index (χ2n) is 4.72. The van der Waals surface area contributed by atoms with Crippen molar-refractivity contribution >= 4 is 22.8 Å². The molecule has 0 N–H and O–H groups in total. The minimum atomic E-state index is -0.862. The SMILES string of the molecule is CC1CCC(=O)CN1C(OC(=O)Cl)c1ccccc1. The Morgan fingerprint density at radius 1 is 1.42 bits per heavy atom. The van der Waals surface area contributed by atoms with Gasteiger partial charge in [-0.2, -0.15) is 0 Å². The van der Waals surface area contributed by atoms with Crippen LogP contribution in [0.15, 0.2) is 30.3 Å². The van der Waals surface area contributed by atoms with Gasteiger partial charge < -0.3 is 4.74 Å². The van der Waals surface area contributed by atoms with Crippen LogP contribution in [-0.2, 0) is 9.53 Å². The Labute approximate surface area is 117 Å². The fourth-order valence-electron chi connectivity index (χ4n) is 2.32. The summed E-state index contributed by atoms with van der Waals surface area (Å²) in [7, 11) is 0. The molecule has 1 saturated heterocycles. The molecule has 0 aromatic heterocycles. The number of piperidine rings is 1. The minimum absolute atomic E-state index is 0.157. The first-order valence-electron chi connectivity index (χ1n) is 6.26. The minimum Gasteiger partial charge on any atom is -0.430 e. The van der Waals surface area contributed by atoms with Crippen molar-refractivity contribution in [3.05, 3.63) is 35.9 Å². The van der Waals surface area contributed by atoms with Gasteiger partial charge in [-0.05, 0) is 13.3 Å². The molecule has 0 radical (unpaired) electrons. The van der Waals surface area contributed by atoms with Gasteiger partial charge in [0, 0.05) is 29.6 Å². The van der Waals surface area contributed by atoms with Crippen molar-refractivity contribution in [2.75, 3.05) is 6.54 Å². The zero-order chi connectivity index (χ0) is 13.8. The molecular formula is C14H16ClNO3. The highest BCUT2D eigenvalue weighted by atomic mass is 35.5. The van der Waals surface area contributed by atoms with E-state index in [0.29, 0.717) is 6.42 Å². The second-order valence-corrected chi connectivity index (χ2v) is 5.03. The normalized spacial score (nSPS) is 22.0. The van der Waals surface area contributed by atoms with Gasteiger partial charge in [0.05, 0.1) is 6.54 Å². The number of carbonyl (C=O) groups is 2. The molecule has 19 heavy (non-hydrogen) atoms. The zero-order valence-electron chi connectivity index (χ0n) is 10.7.